The van der Waals surface area contributed by atoms with Gasteiger partial charge in [-0.1, -0.05) is 26.6 Å². The van der Waals surface area contributed by atoms with Crippen LogP contribution in [-0.4, -0.2) is 64.5 Å². The molecule has 1 aliphatic heterocycles. The molecule has 1 amide bonds. The second-order valence-corrected chi connectivity index (χ2v) is 15.9. The van der Waals surface area contributed by atoms with Gasteiger partial charge in [-0.3, -0.25) is 9.48 Å². The minimum atomic E-state index is -1.16. The third-order valence-corrected chi connectivity index (χ3v) is 8.18. The van der Waals surface area contributed by atoms with Crippen LogP contribution in [0.2, 0.25) is 25.7 Å². The first-order chi connectivity index (χ1) is 16.7. The summed E-state index contributed by atoms with van der Waals surface area (Å²) in [6.07, 6.45) is 7.61. The zero-order valence-corrected chi connectivity index (χ0v) is 21.8. The Morgan fingerprint density at radius 3 is 2.69 bits per heavy atom. The zero-order valence-electron chi connectivity index (χ0n) is 20.8. The summed E-state index contributed by atoms with van der Waals surface area (Å²) in [6, 6.07) is 3.06. The number of carbonyl (C=O) groups excluding carboxylic acids is 1. The number of hydrogen-bond donors (Lipinski definition) is 0. The molecule has 0 aliphatic carbocycles. The molecule has 4 heterocycles. The highest BCUT2D eigenvalue weighted by molar-refractivity contribution is 6.76. The van der Waals surface area contributed by atoms with Gasteiger partial charge in [0, 0.05) is 56.2 Å². The topological polar surface area (TPSA) is 73.9 Å². The van der Waals surface area contributed by atoms with Crippen LogP contribution in [0.15, 0.2) is 30.9 Å². The SMILES string of the molecule is [C-]#[N+]CC1(n2cc(-c3c([N+]#[C-])cnc4c3ccn4COCC[Si](C)(C)C)cn2)CN(C(=O)CC)C1. The number of fused-ring (bicyclic) bond motifs is 1. The number of aromatic nitrogens is 4. The van der Waals surface area contributed by atoms with Gasteiger partial charge in [0.25, 0.3) is 0 Å². The Labute approximate surface area is 207 Å². The van der Waals surface area contributed by atoms with Gasteiger partial charge in [-0.15, -0.1) is 0 Å². The molecule has 1 fully saturated rings. The van der Waals surface area contributed by atoms with Crippen molar-refractivity contribution in [3.8, 4) is 11.1 Å². The average Bonchev–Trinajstić information content (AvgIpc) is 3.44. The second kappa shape index (κ2) is 9.65. The second-order valence-electron chi connectivity index (χ2n) is 10.3. The van der Waals surface area contributed by atoms with Gasteiger partial charge in [0.2, 0.25) is 18.1 Å². The number of rotatable bonds is 9. The fourth-order valence-corrected chi connectivity index (χ4v) is 5.16. The molecule has 0 radical (unpaired) electrons. The maximum atomic E-state index is 12.1. The van der Waals surface area contributed by atoms with Gasteiger partial charge < -0.3 is 19.0 Å². The predicted octanol–water partition coefficient (Wildman–Crippen LogP) is 4.63. The standard InChI is InChI=1S/C25H31N7O2Si/c1-7-22(33)31-16-25(17-31,15-26-2)32-14-19(12-29-32)23-20-8-9-30(18-34-10-11-35(4,5)6)24(20)28-13-21(23)27-3/h8-9,12-14H,7,10-11,15-18H2,1,4-6H3. The Bertz CT molecular complexity index is 1320. The van der Waals surface area contributed by atoms with Crippen molar-refractivity contribution in [1.82, 2.24) is 24.2 Å². The van der Waals surface area contributed by atoms with E-state index in [1.165, 1.54) is 0 Å². The van der Waals surface area contributed by atoms with Gasteiger partial charge in [-0.2, -0.15) is 5.10 Å². The molecule has 0 N–H and O–H groups in total. The first-order valence-electron chi connectivity index (χ1n) is 11.8. The van der Waals surface area contributed by atoms with E-state index in [0.29, 0.717) is 31.9 Å². The largest absolute Gasteiger partial charge is 0.361 e. The summed E-state index contributed by atoms with van der Waals surface area (Å²) >= 11 is 0. The van der Waals surface area contributed by atoms with Crippen molar-refractivity contribution in [1.29, 1.82) is 0 Å². The Kier molecular flexibility index (Phi) is 6.79. The highest BCUT2D eigenvalue weighted by atomic mass is 28.3. The Morgan fingerprint density at radius 1 is 1.26 bits per heavy atom. The number of likely N-dealkylation sites (tertiary alicyclic amines) is 1. The molecule has 10 heteroatoms. The van der Waals surface area contributed by atoms with Gasteiger partial charge in [-0.25, -0.2) is 16.4 Å². The van der Waals surface area contributed by atoms with Crippen LogP contribution in [0.4, 0.5) is 5.69 Å². The summed E-state index contributed by atoms with van der Waals surface area (Å²) in [5, 5.41) is 5.45. The molecule has 4 rings (SSSR count). The molecule has 0 bridgehead atoms. The van der Waals surface area contributed by atoms with Crippen molar-refractivity contribution in [2.75, 3.05) is 26.2 Å². The number of hydrogen-bond acceptors (Lipinski definition) is 4. The number of carbonyl (C=O) groups is 1. The van der Waals surface area contributed by atoms with Crippen LogP contribution in [-0.2, 0) is 21.8 Å². The van der Waals surface area contributed by atoms with Gasteiger partial charge in [-0.05, 0) is 12.1 Å². The zero-order chi connectivity index (χ0) is 25.2. The Morgan fingerprint density at radius 2 is 2.03 bits per heavy atom. The molecule has 1 aliphatic rings. The fraction of sp³-hybridized carbons (Fsp3) is 0.480. The minimum Gasteiger partial charge on any atom is -0.361 e. The van der Waals surface area contributed by atoms with E-state index in [-0.39, 0.29) is 12.5 Å². The van der Waals surface area contributed by atoms with Crippen LogP contribution in [0.1, 0.15) is 13.3 Å². The first kappa shape index (κ1) is 24.6. The minimum absolute atomic E-state index is 0.0810. The van der Waals surface area contributed by atoms with Crippen molar-refractivity contribution in [2.24, 2.45) is 0 Å². The van der Waals surface area contributed by atoms with Gasteiger partial charge in [0.1, 0.15) is 12.4 Å². The van der Waals surface area contributed by atoms with Crippen LogP contribution < -0.4 is 0 Å². The number of pyridine rings is 1. The summed E-state index contributed by atoms with van der Waals surface area (Å²) in [5.74, 6) is 0.0810. The van der Waals surface area contributed by atoms with Gasteiger partial charge in [0.15, 0.2) is 5.54 Å². The lowest BCUT2D eigenvalue weighted by atomic mass is 9.89. The number of amides is 1. The third-order valence-electron chi connectivity index (χ3n) is 6.47. The van der Waals surface area contributed by atoms with Crippen molar-refractivity contribution < 1.29 is 9.53 Å². The van der Waals surface area contributed by atoms with Crippen LogP contribution in [0, 0.1) is 13.1 Å². The van der Waals surface area contributed by atoms with E-state index in [9.17, 15) is 4.79 Å². The molecule has 35 heavy (non-hydrogen) atoms. The molecular weight excluding hydrogens is 458 g/mol. The Balaban J connectivity index is 1.63. The predicted molar refractivity (Wildman–Crippen MR) is 138 cm³/mol. The molecule has 0 spiro atoms. The maximum Gasteiger partial charge on any atom is 0.243 e. The number of nitrogens with zero attached hydrogens (tertiary/aromatic N) is 7. The van der Waals surface area contributed by atoms with Crippen LogP contribution >= 0.6 is 0 Å². The molecule has 0 atom stereocenters. The van der Waals surface area contributed by atoms with E-state index in [1.807, 2.05) is 30.0 Å². The molecule has 9 nitrogen and oxygen atoms in total. The van der Waals surface area contributed by atoms with Crippen LogP contribution in [0.3, 0.4) is 0 Å². The third kappa shape index (κ3) is 4.86. The maximum absolute atomic E-state index is 12.1. The summed E-state index contributed by atoms with van der Waals surface area (Å²) in [6.45, 7) is 26.3. The van der Waals surface area contributed by atoms with E-state index < -0.39 is 13.6 Å². The van der Waals surface area contributed by atoms with E-state index in [4.69, 9.17) is 17.9 Å². The van der Waals surface area contributed by atoms with Crippen molar-refractivity contribution in [3.05, 3.63) is 53.7 Å². The Hall–Kier alpha value is -3.47. The highest BCUT2D eigenvalue weighted by Gasteiger charge is 2.50. The lowest BCUT2D eigenvalue weighted by Crippen LogP contribution is -2.65. The molecule has 3 aromatic rings. The van der Waals surface area contributed by atoms with E-state index in [0.717, 1.165) is 34.8 Å². The molecule has 3 aromatic heterocycles. The first-order valence-corrected chi connectivity index (χ1v) is 15.5. The lowest BCUT2D eigenvalue weighted by Gasteiger charge is -2.46. The van der Waals surface area contributed by atoms with Crippen molar-refractivity contribution in [3.63, 3.8) is 0 Å². The molecule has 0 aromatic carbocycles. The van der Waals surface area contributed by atoms with Crippen molar-refractivity contribution in [2.45, 2.75) is 51.3 Å². The van der Waals surface area contributed by atoms with E-state index >= 15 is 0 Å². The smallest absolute Gasteiger partial charge is 0.243 e. The summed E-state index contributed by atoms with van der Waals surface area (Å²) in [7, 11) is -1.16. The van der Waals surface area contributed by atoms with E-state index in [1.54, 1.807) is 22.0 Å². The van der Waals surface area contributed by atoms with Crippen LogP contribution in [0.5, 0.6) is 0 Å². The molecule has 0 unspecified atom stereocenters. The quantitative estimate of drug-likeness (QED) is 0.250. The average molecular weight is 490 g/mol. The normalized spacial score (nSPS) is 15.0. The molecule has 182 valence electrons. The van der Waals surface area contributed by atoms with E-state index in [2.05, 4.69) is 39.4 Å². The molecular formula is C25H31N7O2Si. The van der Waals surface area contributed by atoms with Gasteiger partial charge in [0.05, 0.1) is 25.9 Å². The molecule has 0 saturated carbocycles. The highest BCUT2D eigenvalue weighted by Crippen LogP contribution is 2.38. The van der Waals surface area contributed by atoms with Gasteiger partial charge >= 0.3 is 0 Å². The monoisotopic (exact) mass is 489 g/mol. The number of ether oxygens (including phenoxy) is 1. The summed E-state index contributed by atoms with van der Waals surface area (Å²) < 4.78 is 9.68. The summed E-state index contributed by atoms with van der Waals surface area (Å²) in [5.41, 5.74) is 2.24. The van der Waals surface area contributed by atoms with Crippen molar-refractivity contribution >= 4 is 30.7 Å². The van der Waals surface area contributed by atoms with Crippen LogP contribution in [0.25, 0.3) is 31.9 Å². The molecule has 1 saturated heterocycles. The fourth-order valence-electron chi connectivity index (χ4n) is 4.40. The summed E-state index contributed by atoms with van der Waals surface area (Å²) in [4.78, 5) is 25.7. The lowest BCUT2D eigenvalue weighted by molar-refractivity contribution is -0.141.